The van der Waals surface area contributed by atoms with E-state index in [4.69, 9.17) is 5.73 Å². The molecule has 0 saturated carbocycles. The molecule has 1 unspecified atom stereocenters. The molecule has 0 radical (unpaired) electrons. The summed E-state index contributed by atoms with van der Waals surface area (Å²) in [5.74, 6) is -1.94. The third-order valence-electron chi connectivity index (χ3n) is 5.69. The number of fused-ring (bicyclic) bond motifs is 1. The Balaban J connectivity index is 1.59. The summed E-state index contributed by atoms with van der Waals surface area (Å²) >= 11 is 0. The Bertz CT molecular complexity index is 853. The van der Waals surface area contributed by atoms with Gasteiger partial charge in [-0.2, -0.15) is 0 Å². The van der Waals surface area contributed by atoms with Gasteiger partial charge in [-0.15, -0.1) is 0 Å². The first-order valence-corrected chi connectivity index (χ1v) is 9.16. The van der Waals surface area contributed by atoms with Crippen LogP contribution in [-0.2, 0) is 9.59 Å². The molecule has 142 valence electrons. The van der Waals surface area contributed by atoms with Crippen LogP contribution in [0.5, 0.6) is 0 Å². The van der Waals surface area contributed by atoms with Crippen molar-refractivity contribution in [1.82, 2.24) is 10.2 Å². The van der Waals surface area contributed by atoms with Crippen LogP contribution in [0.1, 0.15) is 53.3 Å². The van der Waals surface area contributed by atoms with Crippen molar-refractivity contribution in [2.24, 2.45) is 5.73 Å². The van der Waals surface area contributed by atoms with E-state index in [2.05, 4.69) is 10.2 Å². The molecule has 1 aromatic rings. The lowest BCUT2D eigenvalue weighted by molar-refractivity contribution is -0.136. The molecule has 3 aliphatic rings. The number of anilines is 1. The number of benzene rings is 1. The van der Waals surface area contributed by atoms with Gasteiger partial charge in [0.15, 0.2) is 0 Å². The van der Waals surface area contributed by atoms with Crippen LogP contribution in [0.2, 0.25) is 0 Å². The lowest BCUT2D eigenvalue weighted by Crippen LogP contribution is -2.54. The van der Waals surface area contributed by atoms with Crippen molar-refractivity contribution in [1.29, 1.82) is 0 Å². The number of nitrogens with one attached hydrogen (secondary N) is 1. The summed E-state index contributed by atoms with van der Waals surface area (Å²) in [5, 5.41) is 2.20. The van der Waals surface area contributed by atoms with Crippen LogP contribution in [0.4, 0.5) is 5.69 Å². The average Bonchev–Trinajstić information content (AvgIpc) is 2.86. The molecule has 1 atom stereocenters. The van der Waals surface area contributed by atoms with E-state index in [1.54, 1.807) is 12.1 Å². The van der Waals surface area contributed by atoms with E-state index in [1.807, 2.05) is 13.0 Å². The maximum absolute atomic E-state index is 12.9. The van der Waals surface area contributed by atoms with E-state index in [1.165, 1.54) is 0 Å². The van der Waals surface area contributed by atoms with Crippen molar-refractivity contribution in [2.75, 3.05) is 18.0 Å². The summed E-state index contributed by atoms with van der Waals surface area (Å²) in [5.41, 5.74) is 7.48. The van der Waals surface area contributed by atoms with Gasteiger partial charge in [0.1, 0.15) is 6.04 Å². The summed E-state index contributed by atoms with van der Waals surface area (Å²) in [6, 6.07) is 4.26. The monoisotopic (exact) mass is 370 g/mol. The average molecular weight is 370 g/mol. The maximum Gasteiger partial charge on any atom is 0.262 e. The largest absolute Gasteiger partial charge is 0.371 e. The molecule has 1 aromatic carbocycles. The smallest absolute Gasteiger partial charge is 0.262 e. The van der Waals surface area contributed by atoms with E-state index in [9.17, 15) is 19.2 Å². The predicted molar refractivity (Wildman–Crippen MR) is 97.2 cm³/mol. The zero-order valence-corrected chi connectivity index (χ0v) is 15.2. The molecular formula is C19H22N4O4. The van der Waals surface area contributed by atoms with Crippen molar-refractivity contribution in [3.05, 3.63) is 29.3 Å². The van der Waals surface area contributed by atoms with E-state index in [0.29, 0.717) is 11.1 Å². The van der Waals surface area contributed by atoms with Crippen molar-refractivity contribution >= 4 is 29.3 Å². The van der Waals surface area contributed by atoms with Gasteiger partial charge in [-0.3, -0.25) is 29.4 Å². The van der Waals surface area contributed by atoms with Crippen LogP contribution in [0, 0.1) is 0 Å². The molecular weight excluding hydrogens is 348 g/mol. The van der Waals surface area contributed by atoms with Gasteiger partial charge in [-0.1, -0.05) is 0 Å². The van der Waals surface area contributed by atoms with Gasteiger partial charge in [-0.05, 0) is 44.4 Å². The van der Waals surface area contributed by atoms with Gasteiger partial charge >= 0.3 is 0 Å². The molecule has 3 heterocycles. The topological polar surface area (TPSA) is 113 Å². The van der Waals surface area contributed by atoms with Gasteiger partial charge < -0.3 is 10.6 Å². The third kappa shape index (κ3) is 2.99. The normalized spacial score (nSPS) is 24.9. The molecule has 3 N–H and O–H groups in total. The summed E-state index contributed by atoms with van der Waals surface area (Å²) in [6.45, 7) is 3.60. The Hall–Kier alpha value is -2.74. The van der Waals surface area contributed by atoms with E-state index >= 15 is 0 Å². The van der Waals surface area contributed by atoms with Crippen LogP contribution in [0.3, 0.4) is 0 Å². The van der Waals surface area contributed by atoms with Gasteiger partial charge in [-0.25, -0.2) is 0 Å². The molecule has 4 rings (SSSR count). The van der Waals surface area contributed by atoms with E-state index in [0.717, 1.165) is 36.5 Å². The minimum Gasteiger partial charge on any atom is -0.371 e. The highest BCUT2D eigenvalue weighted by molar-refractivity contribution is 6.23. The standard InChI is InChI=1S/C19H22N4O4/c1-19(20)6-8-22(9-7-19)11-2-3-12-13(10-11)18(27)23(17(12)26)14-4-5-15(24)21-16(14)25/h2-3,10,14H,4-9,20H2,1H3,(H,21,24,25). The highest BCUT2D eigenvalue weighted by atomic mass is 16.2. The summed E-state index contributed by atoms with van der Waals surface area (Å²) in [6.07, 6.45) is 1.96. The molecule has 4 amide bonds. The quantitative estimate of drug-likeness (QED) is 0.729. The van der Waals surface area contributed by atoms with Gasteiger partial charge in [0.25, 0.3) is 11.8 Å². The molecule has 2 saturated heterocycles. The van der Waals surface area contributed by atoms with Crippen molar-refractivity contribution in [3.63, 3.8) is 0 Å². The fourth-order valence-electron chi connectivity index (χ4n) is 3.93. The second-order valence-corrected chi connectivity index (χ2v) is 7.82. The van der Waals surface area contributed by atoms with Gasteiger partial charge in [0.05, 0.1) is 11.1 Å². The SMILES string of the molecule is CC1(N)CCN(c2ccc3c(c2)C(=O)N(C2CCC(=O)NC2=O)C3=O)CC1. The maximum atomic E-state index is 12.9. The van der Waals surface area contributed by atoms with Gasteiger partial charge in [0, 0.05) is 30.7 Å². The summed E-state index contributed by atoms with van der Waals surface area (Å²) in [4.78, 5) is 52.2. The van der Waals surface area contributed by atoms with Crippen LogP contribution in [0.25, 0.3) is 0 Å². The highest BCUT2D eigenvalue weighted by Crippen LogP contribution is 2.32. The number of nitrogens with two attached hydrogens (primary N) is 1. The van der Waals surface area contributed by atoms with Crippen LogP contribution in [-0.4, -0.2) is 53.2 Å². The number of carbonyl (C=O) groups excluding carboxylic acids is 4. The second kappa shape index (κ2) is 6.16. The Morgan fingerprint density at radius 3 is 2.41 bits per heavy atom. The Labute approximate surface area is 156 Å². The first-order chi connectivity index (χ1) is 12.8. The van der Waals surface area contributed by atoms with Crippen molar-refractivity contribution in [2.45, 2.75) is 44.2 Å². The Morgan fingerprint density at radius 2 is 1.74 bits per heavy atom. The molecule has 0 spiro atoms. The molecule has 0 aliphatic carbocycles. The number of amides is 4. The molecule has 0 bridgehead atoms. The lowest BCUT2D eigenvalue weighted by Gasteiger charge is -2.38. The Morgan fingerprint density at radius 1 is 1.07 bits per heavy atom. The minimum atomic E-state index is -0.938. The molecule has 8 nitrogen and oxygen atoms in total. The fourth-order valence-corrected chi connectivity index (χ4v) is 3.93. The highest BCUT2D eigenvalue weighted by Gasteiger charge is 2.44. The Kier molecular flexibility index (Phi) is 4.03. The lowest BCUT2D eigenvalue weighted by atomic mass is 9.90. The first-order valence-electron chi connectivity index (χ1n) is 9.16. The number of nitrogens with zero attached hydrogens (tertiary/aromatic N) is 2. The number of hydrogen-bond donors (Lipinski definition) is 2. The number of piperidine rings is 2. The number of rotatable bonds is 2. The molecule has 8 heteroatoms. The van der Waals surface area contributed by atoms with Crippen LogP contribution in [0.15, 0.2) is 18.2 Å². The summed E-state index contributed by atoms with van der Waals surface area (Å²) in [7, 11) is 0. The summed E-state index contributed by atoms with van der Waals surface area (Å²) < 4.78 is 0. The van der Waals surface area contributed by atoms with Crippen LogP contribution < -0.4 is 16.0 Å². The minimum absolute atomic E-state index is 0.112. The fraction of sp³-hybridized carbons (Fsp3) is 0.474. The van der Waals surface area contributed by atoms with Crippen LogP contribution >= 0.6 is 0 Å². The van der Waals surface area contributed by atoms with Gasteiger partial charge in [0.2, 0.25) is 11.8 Å². The molecule has 27 heavy (non-hydrogen) atoms. The first kappa shape index (κ1) is 17.7. The van der Waals surface area contributed by atoms with Crippen molar-refractivity contribution in [3.8, 4) is 0 Å². The zero-order valence-electron chi connectivity index (χ0n) is 15.2. The predicted octanol–water partition coefficient (Wildman–Crippen LogP) is 0.405. The number of imide groups is 2. The number of hydrogen-bond acceptors (Lipinski definition) is 6. The molecule has 2 fully saturated rings. The number of carbonyl (C=O) groups is 4. The third-order valence-corrected chi connectivity index (χ3v) is 5.69. The molecule has 0 aromatic heterocycles. The van der Waals surface area contributed by atoms with Crippen molar-refractivity contribution < 1.29 is 19.2 Å². The van der Waals surface area contributed by atoms with E-state index in [-0.39, 0.29) is 24.3 Å². The zero-order chi connectivity index (χ0) is 19.3. The van der Waals surface area contributed by atoms with E-state index < -0.39 is 23.8 Å². The molecule has 3 aliphatic heterocycles. The second-order valence-electron chi connectivity index (χ2n) is 7.82.